The molecule has 0 saturated carbocycles. The zero-order valence-corrected chi connectivity index (χ0v) is 7.99. The molecule has 0 heterocycles. The van der Waals surface area contributed by atoms with Gasteiger partial charge in [0.1, 0.15) is 0 Å². The molecule has 0 rings (SSSR count). The molecule has 0 aromatic heterocycles. The van der Waals surface area contributed by atoms with Gasteiger partial charge in [-0.2, -0.15) is 0 Å². The SMILES string of the molecule is COC(=O)C[C@H](C)C(OC)OC. The van der Waals surface area contributed by atoms with E-state index < -0.39 is 0 Å². The van der Waals surface area contributed by atoms with Gasteiger partial charge in [-0.3, -0.25) is 4.79 Å². The van der Waals surface area contributed by atoms with E-state index in [2.05, 4.69) is 4.74 Å². The molecule has 0 bridgehead atoms. The lowest BCUT2D eigenvalue weighted by atomic mass is 10.1. The highest BCUT2D eigenvalue weighted by atomic mass is 16.7. The number of ether oxygens (including phenoxy) is 3. The van der Waals surface area contributed by atoms with Crippen molar-refractivity contribution in [1.29, 1.82) is 0 Å². The van der Waals surface area contributed by atoms with Gasteiger partial charge in [0.05, 0.1) is 13.5 Å². The maximum absolute atomic E-state index is 10.8. The Morgan fingerprint density at radius 1 is 1.25 bits per heavy atom. The highest BCUT2D eigenvalue weighted by molar-refractivity contribution is 5.69. The summed E-state index contributed by atoms with van der Waals surface area (Å²) in [5.41, 5.74) is 0. The predicted octanol–water partition coefficient (Wildman–Crippen LogP) is 0.804. The van der Waals surface area contributed by atoms with Gasteiger partial charge in [-0.1, -0.05) is 6.92 Å². The first kappa shape index (κ1) is 11.4. The smallest absolute Gasteiger partial charge is 0.305 e. The number of hydrogen-bond donors (Lipinski definition) is 0. The van der Waals surface area contributed by atoms with Gasteiger partial charge < -0.3 is 14.2 Å². The number of methoxy groups -OCH3 is 3. The third-order valence-corrected chi connectivity index (χ3v) is 1.65. The van der Waals surface area contributed by atoms with E-state index in [-0.39, 0.29) is 18.2 Å². The zero-order chi connectivity index (χ0) is 9.56. The first-order chi connectivity index (χ1) is 5.65. The Balaban J connectivity index is 3.83. The normalized spacial score (nSPS) is 13.1. The Bertz CT molecular complexity index is 131. The van der Waals surface area contributed by atoms with Crippen LogP contribution in [0.15, 0.2) is 0 Å². The van der Waals surface area contributed by atoms with Crippen LogP contribution in [0.5, 0.6) is 0 Å². The Labute approximate surface area is 72.8 Å². The van der Waals surface area contributed by atoms with Crippen molar-refractivity contribution in [3.63, 3.8) is 0 Å². The maximum atomic E-state index is 10.8. The first-order valence-electron chi connectivity index (χ1n) is 3.78. The second kappa shape index (κ2) is 5.97. The predicted molar refractivity (Wildman–Crippen MR) is 43.6 cm³/mol. The molecule has 0 aliphatic carbocycles. The van der Waals surface area contributed by atoms with E-state index in [4.69, 9.17) is 9.47 Å². The standard InChI is InChI=1S/C8H16O4/c1-6(5-7(9)10-2)8(11-3)12-4/h6,8H,5H2,1-4H3/t6-/m0/s1. The molecule has 0 fully saturated rings. The fraction of sp³-hybridized carbons (Fsp3) is 0.875. The average Bonchev–Trinajstić information content (AvgIpc) is 2.06. The van der Waals surface area contributed by atoms with Gasteiger partial charge >= 0.3 is 5.97 Å². The number of rotatable bonds is 5. The minimum absolute atomic E-state index is 0.00690. The molecule has 0 N–H and O–H groups in total. The number of carbonyl (C=O) groups is 1. The second-order valence-electron chi connectivity index (χ2n) is 2.60. The molecular weight excluding hydrogens is 160 g/mol. The lowest BCUT2D eigenvalue weighted by Gasteiger charge is -2.19. The molecule has 0 spiro atoms. The van der Waals surface area contributed by atoms with Gasteiger partial charge in [-0.05, 0) is 0 Å². The van der Waals surface area contributed by atoms with Crippen LogP contribution in [-0.4, -0.2) is 33.6 Å². The van der Waals surface area contributed by atoms with Crippen molar-refractivity contribution in [2.75, 3.05) is 21.3 Å². The maximum Gasteiger partial charge on any atom is 0.305 e. The van der Waals surface area contributed by atoms with Crippen molar-refractivity contribution in [3.05, 3.63) is 0 Å². The lowest BCUT2D eigenvalue weighted by Crippen LogP contribution is -2.25. The van der Waals surface area contributed by atoms with E-state index in [1.165, 1.54) is 7.11 Å². The van der Waals surface area contributed by atoms with E-state index in [1.54, 1.807) is 14.2 Å². The van der Waals surface area contributed by atoms with E-state index >= 15 is 0 Å². The minimum Gasteiger partial charge on any atom is -0.469 e. The largest absolute Gasteiger partial charge is 0.469 e. The first-order valence-corrected chi connectivity index (χ1v) is 3.78. The summed E-state index contributed by atoms with van der Waals surface area (Å²) in [6, 6.07) is 0. The summed E-state index contributed by atoms with van der Waals surface area (Å²) in [4.78, 5) is 10.8. The van der Waals surface area contributed by atoms with Gasteiger partial charge in [0.2, 0.25) is 0 Å². The molecule has 4 nitrogen and oxygen atoms in total. The molecule has 12 heavy (non-hydrogen) atoms. The van der Waals surface area contributed by atoms with Gasteiger partial charge in [0.25, 0.3) is 0 Å². The van der Waals surface area contributed by atoms with Crippen LogP contribution in [0, 0.1) is 5.92 Å². The number of esters is 1. The van der Waals surface area contributed by atoms with Crippen molar-refractivity contribution in [2.24, 2.45) is 5.92 Å². The molecule has 0 aliphatic rings. The van der Waals surface area contributed by atoms with Crippen LogP contribution in [0.1, 0.15) is 13.3 Å². The summed E-state index contributed by atoms with van der Waals surface area (Å²) in [7, 11) is 4.45. The molecule has 72 valence electrons. The topological polar surface area (TPSA) is 44.8 Å². The van der Waals surface area contributed by atoms with Crippen molar-refractivity contribution in [1.82, 2.24) is 0 Å². The van der Waals surface area contributed by atoms with Gasteiger partial charge in [-0.25, -0.2) is 0 Å². The molecule has 0 amide bonds. The third-order valence-electron chi connectivity index (χ3n) is 1.65. The van der Waals surface area contributed by atoms with Crippen molar-refractivity contribution >= 4 is 5.97 Å². The molecule has 0 aliphatic heterocycles. The Morgan fingerprint density at radius 3 is 2.08 bits per heavy atom. The molecule has 0 saturated heterocycles. The minimum atomic E-state index is -0.343. The fourth-order valence-electron chi connectivity index (χ4n) is 1.00. The fourth-order valence-corrected chi connectivity index (χ4v) is 1.00. The molecular formula is C8H16O4. The molecule has 4 heteroatoms. The summed E-state index contributed by atoms with van der Waals surface area (Å²) >= 11 is 0. The summed E-state index contributed by atoms with van der Waals surface area (Å²) in [6.45, 7) is 1.87. The summed E-state index contributed by atoms with van der Waals surface area (Å²) in [5.74, 6) is -0.242. The quantitative estimate of drug-likeness (QED) is 0.459. The van der Waals surface area contributed by atoms with Crippen LogP contribution in [0.25, 0.3) is 0 Å². The molecule has 0 aromatic rings. The highest BCUT2D eigenvalue weighted by Gasteiger charge is 2.19. The summed E-state index contributed by atoms with van der Waals surface area (Å²) in [6.07, 6.45) is -0.0350. The van der Waals surface area contributed by atoms with Crippen LogP contribution in [0.3, 0.4) is 0 Å². The third kappa shape index (κ3) is 3.69. The van der Waals surface area contributed by atoms with Crippen LogP contribution in [-0.2, 0) is 19.0 Å². The van der Waals surface area contributed by atoms with Crippen LogP contribution < -0.4 is 0 Å². The summed E-state index contributed by atoms with van der Waals surface area (Å²) < 4.78 is 14.5. The Kier molecular flexibility index (Phi) is 5.66. The molecule has 0 radical (unpaired) electrons. The van der Waals surface area contributed by atoms with Crippen molar-refractivity contribution in [3.8, 4) is 0 Å². The average molecular weight is 176 g/mol. The van der Waals surface area contributed by atoms with Gasteiger partial charge in [-0.15, -0.1) is 0 Å². The van der Waals surface area contributed by atoms with Crippen LogP contribution in [0.2, 0.25) is 0 Å². The van der Waals surface area contributed by atoms with Gasteiger partial charge in [0, 0.05) is 20.1 Å². The van der Waals surface area contributed by atoms with Crippen molar-refractivity contribution < 1.29 is 19.0 Å². The lowest BCUT2D eigenvalue weighted by molar-refractivity contribution is -0.155. The molecule has 0 aromatic carbocycles. The number of hydrogen-bond acceptors (Lipinski definition) is 4. The molecule has 1 atom stereocenters. The Hall–Kier alpha value is -0.610. The van der Waals surface area contributed by atoms with Crippen molar-refractivity contribution in [2.45, 2.75) is 19.6 Å². The zero-order valence-electron chi connectivity index (χ0n) is 7.99. The van der Waals surface area contributed by atoms with E-state index in [9.17, 15) is 4.79 Å². The highest BCUT2D eigenvalue weighted by Crippen LogP contribution is 2.12. The Morgan fingerprint density at radius 2 is 1.75 bits per heavy atom. The van der Waals surface area contributed by atoms with E-state index in [0.717, 1.165) is 0 Å². The van der Waals surface area contributed by atoms with Gasteiger partial charge in [0.15, 0.2) is 6.29 Å². The monoisotopic (exact) mass is 176 g/mol. The summed E-state index contributed by atoms with van der Waals surface area (Å²) in [5, 5.41) is 0. The van der Waals surface area contributed by atoms with Crippen LogP contribution >= 0.6 is 0 Å². The van der Waals surface area contributed by atoms with E-state index in [1.807, 2.05) is 6.92 Å². The second-order valence-corrected chi connectivity index (χ2v) is 2.60. The van der Waals surface area contributed by atoms with E-state index in [0.29, 0.717) is 6.42 Å². The number of carbonyl (C=O) groups excluding carboxylic acids is 1. The van der Waals surface area contributed by atoms with Crippen LogP contribution in [0.4, 0.5) is 0 Å². The molecule has 0 unspecified atom stereocenters.